The third-order valence-corrected chi connectivity index (χ3v) is 8.33. The van der Waals surface area contributed by atoms with Crippen LogP contribution in [0.25, 0.3) is 0 Å². The highest BCUT2D eigenvalue weighted by Gasteiger charge is 2.36. The summed E-state index contributed by atoms with van der Waals surface area (Å²) in [6, 6.07) is 17.6. The normalized spacial score (nSPS) is 14.7. The molecule has 1 fully saturated rings. The van der Waals surface area contributed by atoms with Crippen LogP contribution in [0.15, 0.2) is 66.7 Å². The summed E-state index contributed by atoms with van der Waals surface area (Å²) in [4.78, 5) is 25.8. The lowest BCUT2D eigenvalue weighted by Gasteiger charge is -2.44. The number of likely N-dealkylation sites (tertiary alicyclic amines) is 1. The fourth-order valence-electron chi connectivity index (χ4n) is 4.77. The number of nitrogens with two attached hydrogens (primary N) is 1. The smallest absolute Gasteiger partial charge is 0.252 e. The Morgan fingerprint density at radius 3 is 2.00 bits per heavy atom. The minimum atomic E-state index is -3.87. The molecule has 1 heterocycles. The van der Waals surface area contributed by atoms with Crippen molar-refractivity contribution in [1.29, 1.82) is 0 Å². The third-order valence-electron chi connectivity index (χ3n) is 6.88. The molecule has 4 N–H and O–H groups in total. The number of anilines is 1. The topological polar surface area (TPSA) is 140 Å². The van der Waals surface area contributed by atoms with E-state index in [1.54, 1.807) is 14.2 Å². The summed E-state index contributed by atoms with van der Waals surface area (Å²) >= 11 is 0. The van der Waals surface area contributed by atoms with Gasteiger partial charge in [-0.15, -0.1) is 0 Å². The lowest BCUT2D eigenvalue weighted by atomic mass is 9.91. The molecular formula is C29H33FN4O6S. The predicted octanol–water partition coefficient (Wildman–Crippen LogP) is 2.91. The number of methoxy groups -OCH3 is 2. The number of primary amides is 1. The van der Waals surface area contributed by atoms with Gasteiger partial charge in [0, 0.05) is 24.6 Å². The second kappa shape index (κ2) is 12.6. The van der Waals surface area contributed by atoms with Crippen molar-refractivity contribution in [2.24, 2.45) is 11.7 Å². The molecule has 0 bridgehead atoms. The number of amides is 2. The zero-order chi connectivity index (χ0) is 29.7. The van der Waals surface area contributed by atoms with Gasteiger partial charge >= 0.3 is 0 Å². The first-order valence-corrected chi connectivity index (χ1v) is 14.6. The Labute approximate surface area is 238 Å². The fourth-order valence-corrected chi connectivity index (χ4v) is 6.17. The van der Waals surface area contributed by atoms with Crippen LogP contribution in [-0.4, -0.2) is 64.2 Å². The first-order chi connectivity index (χ1) is 19.5. The van der Waals surface area contributed by atoms with Gasteiger partial charge < -0.3 is 20.5 Å². The average Bonchev–Trinajstić information content (AvgIpc) is 2.91. The standard InChI is InChI=1S/C29H33FN4O6S/c1-18(28(31)35)32-29(36)22-12-23(30)14-24(13-22)33-41(37,38)17-19-15-34(16-19)27(20-4-8-25(39-2)9-5-20)21-6-10-26(40-3)11-7-21/h4-14,18-19,27,33H,15-17H2,1-3H3,(H2,31,35)(H,32,36)/t18-/m0/s1. The first-order valence-electron chi connectivity index (χ1n) is 12.9. The molecule has 0 radical (unpaired) electrons. The number of hydrogen-bond donors (Lipinski definition) is 3. The van der Waals surface area contributed by atoms with Crippen molar-refractivity contribution in [2.75, 3.05) is 37.8 Å². The van der Waals surface area contributed by atoms with Crippen molar-refractivity contribution < 1.29 is 31.9 Å². The van der Waals surface area contributed by atoms with E-state index in [9.17, 15) is 22.4 Å². The third kappa shape index (κ3) is 7.53. The summed E-state index contributed by atoms with van der Waals surface area (Å²) in [6.45, 7) is 2.43. The first kappa shape index (κ1) is 29.8. The van der Waals surface area contributed by atoms with Crippen molar-refractivity contribution in [3.8, 4) is 11.5 Å². The highest BCUT2D eigenvalue weighted by Crippen LogP contribution is 2.36. The lowest BCUT2D eigenvalue weighted by molar-refractivity contribution is -0.119. The number of nitrogens with one attached hydrogen (secondary N) is 2. The summed E-state index contributed by atoms with van der Waals surface area (Å²) in [5.74, 6) is -1.20. The van der Waals surface area contributed by atoms with Crippen LogP contribution in [-0.2, 0) is 14.8 Å². The van der Waals surface area contributed by atoms with Gasteiger partial charge in [0.05, 0.1) is 31.7 Å². The molecule has 1 aliphatic heterocycles. The maximum Gasteiger partial charge on any atom is 0.252 e. The van der Waals surface area contributed by atoms with E-state index in [1.165, 1.54) is 13.0 Å². The predicted molar refractivity (Wildman–Crippen MR) is 153 cm³/mol. The van der Waals surface area contributed by atoms with Crippen molar-refractivity contribution in [3.05, 3.63) is 89.2 Å². The van der Waals surface area contributed by atoms with E-state index in [1.807, 2.05) is 48.5 Å². The quantitative estimate of drug-likeness (QED) is 0.297. The molecule has 10 nitrogen and oxygen atoms in total. The molecule has 3 aromatic rings. The Morgan fingerprint density at radius 2 is 1.51 bits per heavy atom. The van der Waals surface area contributed by atoms with Gasteiger partial charge in [-0.1, -0.05) is 24.3 Å². The second-order valence-corrected chi connectivity index (χ2v) is 11.7. The summed E-state index contributed by atoms with van der Waals surface area (Å²) in [5.41, 5.74) is 6.99. The van der Waals surface area contributed by atoms with Crippen LogP contribution in [0.3, 0.4) is 0 Å². The number of carbonyl (C=O) groups is 2. The van der Waals surface area contributed by atoms with Gasteiger partial charge in [0.15, 0.2) is 0 Å². The van der Waals surface area contributed by atoms with Crippen LogP contribution in [0.2, 0.25) is 0 Å². The maximum absolute atomic E-state index is 14.2. The minimum absolute atomic E-state index is 0.0904. The van der Waals surface area contributed by atoms with Crippen LogP contribution in [0.4, 0.5) is 10.1 Å². The van der Waals surface area contributed by atoms with Gasteiger partial charge in [-0.3, -0.25) is 19.2 Å². The summed E-state index contributed by atoms with van der Waals surface area (Å²) in [7, 11) is -0.658. The number of carbonyl (C=O) groups excluding carboxylic acids is 2. The molecule has 0 saturated carbocycles. The zero-order valence-electron chi connectivity index (χ0n) is 23.0. The maximum atomic E-state index is 14.2. The monoisotopic (exact) mass is 584 g/mol. The van der Waals surface area contributed by atoms with Gasteiger partial charge in [0.25, 0.3) is 5.91 Å². The molecule has 41 heavy (non-hydrogen) atoms. The molecule has 3 aromatic carbocycles. The van der Waals surface area contributed by atoms with Crippen LogP contribution in [0.1, 0.15) is 34.5 Å². The van der Waals surface area contributed by atoms with Crippen molar-refractivity contribution in [2.45, 2.75) is 19.0 Å². The van der Waals surface area contributed by atoms with Crippen LogP contribution in [0, 0.1) is 11.7 Å². The largest absolute Gasteiger partial charge is 0.497 e. The number of sulfonamides is 1. The van der Waals surface area contributed by atoms with Crippen molar-refractivity contribution >= 4 is 27.5 Å². The zero-order valence-corrected chi connectivity index (χ0v) is 23.8. The average molecular weight is 585 g/mol. The second-order valence-electron chi connectivity index (χ2n) is 9.98. The van der Waals surface area contributed by atoms with Crippen molar-refractivity contribution in [1.82, 2.24) is 10.2 Å². The molecule has 0 unspecified atom stereocenters. The minimum Gasteiger partial charge on any atom is -0.497 e. The van der Waals surface area contributed by atoms with E-state index in [2.05, 4.69) is 14.9 Å². The van der Waals surface area contributed by atoms with Gasteiger partial charge in [-0.25, -0.2) is 12.8 Å². The number of benzene rings is 3. The molecule has 0 aromatic heterocycles. The molecule has 4 rings (SSSR count). The lowest BCUT2D eigenvalue weighted by Crippen LogP contribution is -2.51. The molecule has 0 spiro atoms. The molecular weight excluding hydrogens is 551 g/mol. The number of hydrogen-bond acceptors (Lipinski definition) is 7. The Morgan fingerprint density at radius 1 is 0.976 bits per heavy atom. The number of halogens is 1. The van der Waals surface area contributed by atoms with E-state index in [0.29, 0.717) is 13.1 Å². The van der Waals surface area contributed by atoms with Gasteiger partial charge in [-0.2, -0.15) is 0 Å². The SMILES string of the molecule is COc1ccc(C(c2ccc(OC)cc2)N2CC(CS(=O)(=O)Nc3cc(F)cc(C(=O)N[C@@H](C)C(N)=O)c3)C2)cc1. The summed E-state index contributed by atoms with van der Waals surface area (Å²) in [6.07, 6.45) is 0. The van der Waals surface area contributed by atoms with Gasteiger partial charge in [0.2, 0.25) is 15.9 Å². The molecule has 1 aliphatic rings. The van der Waals surface area contributed by atoms with Crippen LogP contribution in [0.5, 0.6) is 11.5 Å². The Hall–Kier alpha value is -4.16. The van der Waals surface area contributed by atoms with Gasteiger partial charge in [0.1, 0.15) is 23.4 Å². The molecule has 1 saturated heterocycles. The van der Waals surface area contributed by atoms with Gasteiger partial charge in [-0.05, 0) is 60.5 Å². The van der Waals surface area contributed by atoms with Crippen molar-refractivity contribution in [3.63, 3.8) is 0 Å². The van der Waals surface area contributed by atoms with E-state index >= 15 is 0 Å². The number of nitrogens with zero attached hydrogens (tertiary/aromatic N) is 1. The molecule has 1 atom stereocenters. The molecule has 2 amide bonds. The Bertz CT molecular complexity index is 1450. The number of ether oxygens (including phenoxy) is 2. The van der Waals surface area contributed by atoms with E-state index in [0.717, 1.165) is 34.8 Å². The van der Waals surface area contributed by atoms with E-state index < -0.39 is 33.7 Å². The Balaban J connectivity index is 1.44. The fraction of sp³-hybridized carbons (Fsp3) is 0.310. The molecule has 12 heteroatoms. The van der Waals surface area contributed by atoms with E-state index in [4.69, 9.17) is 15.2 Å². The molecule has 0 aliphatic carbocycles. The molecule has 218 valence electrons. The Kier molecular flexibility index (Phi) is 9.14. The highest BCUT2D eigenvalue weighted by atomic mass is 32.2. The van der Waals surface area contributed by atoms with Crippen LogP contribution >= 0.6 is 0 Å². The van der Waals surface area contributed by atoms with E-state index in [-0.39, 0.29) is 29.0 Å². The number of rotatable bonds is 12. The van der Waals surface area contributed by atoms with Crippen LogP contribution < -0.4 is 25.2 Å². The summed E-state index contributed by atoms with van der Waals surface area (Å²) in [5, 5.41) is 2.34. The summed E-state index contributed by atoms with van der Waals surface area (Å²) < 4.78 is 53.1. The highest BCUT2D eigenvalue weighted by molar-refractivity contribution is 7.92.